The third-order valence-electron chi connectivity index (χ3n) is 2.37. The average Bonchev–Trinajstić information content (AvgIpc) is 2.54. The Labute approximate surface area is 96.6 Å². The van der Waals surface area contributed by atoms with Crippen LogP contribution in [0, 0.1) is 6.92 Å². The highest BCUT2D eigenvalue weighted by atomic mass is 32.1. The van der Waals surface area contributed by atoms with Gasteiger partial charge in [0.25, 0.3) is 0 Å². The Bertz CT molecular complexity index is 572. The van der Waals surface area contributed by atoms with Crippen LogP contribution in [0.15, 0.2) is 17.1 Å². The van der Waals surface area contributed by atoms with Crippen LogP contribution in [0.25, 0.3) is 10.6 Å². The van der Waals surface area contributed by atoms with E-state index < -0.39 is 0 Å². The molecule has 2 rings (SSSR count). The van der Waals surface area contributed by atoms with Gasteiger partial charge in [0.1, 0.15) is 0 Å². The van der Waals surface area contributed by atoms with Crippen LogP contribution < -0.4 is 10.6 Å². The van der Waals surface area contributed by atoms with Crippen LogP contribution in [0.4, 0.5) is 5.95 Å². The summed E-state index contributed by atoms with van der Waals surface area (Å²) in [4.78, 5) is 20.5. The molecule has 0 bridgehead atoms. The van der Waals surface area contributed by atoms with Crippen LogP contribution in [-0.4, -0.2) is 14.5 Å². The summed E-state index contributed by atoms with van der Waals surface area (Å²) in [7, 11) is 0. The maximum Gasteiger partial charge on any atom is 0.307 e. The SMILES string of the molecule is CCn1c(C)c(-c2ccnc(N)n2)sc1=O. The summed E-state index contributed by atoms with van der Waals surface area (Å²) >= 11 is 1.19. The molecule has 5 nitrogen and oxygen atoms in total. The summed E-state index contributed by atoms with van der Waals surface area (Å²) in [6, 6.07) is 1.76. The van der Waals surface area contributed by atoms with Crippen molar-refractivity contribution in [3.8, 4) is 10.6 Å². The topological polar surface area (TPSA) is 73.8 Å². The second-order valence-electron chi connectivity index (χ2n) is 3.33. The molecule has 2 heterocycles. The Morgan fingerprint density at radius 2 is 2.31 bits per heavy atom. The quantitative estimate of drug-likeness (QED) is 0.852. The number of nitrogen functional groups attached to an aromatic ring is 1. The molecule has 2 N–H and O–H groups in total. The van der Waals surface area contributed by atoms with Gasteiger partial charge >= 0.3 is 4.87 Å². The first-order chi connectivity index (χ1) is 7.63. The van der Waals surface area contributed by atoms with Gasteiger partial charge in [0.2, 0.25) is 5.95 Å². The smallest absolute Gasteiger partial charge is 0.307 e. The van der Waals surface area contributed by atoms with Gasteiger partial charge in [-0.25, -0.2) is 9.97 Å². The molecule has 0 spiro atoms. The standard InChI is InChI=1S/C10H12N4OS/c1-3-14-6(2)8(16-10(14)15)7-4-5-12-9(11)13-7/h4-5H,3H2,1-2H3,(H2,11,12,13). The van der Waals surface area contributed by atoms with Gasteiger partial charge in [-0.3, -0.25) is 4.79 Å². The highest BCUT2D eigenvalue weighted by Gasteiger charge is 2.12. The molecule has 0 atom stereocenters. The lowest BCUT2D eigenvalue weighted by Gasteiger charge is -2.01. The first-order valence-electron chi connectivity index (χ1n) is 4.92. The van der Waals surface area contributed by atoms with Gasteiger partial charge in [0.15, 0.2) is 0 Å². The number of rotatable bonds is 2. The summed E-state index contributed by atoms with van der Waals surface area (Å²) in [6.45, 7) is 4.52. The lowest BCUT2D eigenvalue weighted by Crippen LogP contribution is -2.12. The van der Waals surface area contributed by atoms with Crippen LogP contribution in [0.2, 0.25) is 0 Å². The lowest BCUT2D eigenvalue weighted by molar-refractivity contribution is 0.724. The molecule has 2 aromatic rings. The molecule has 0 saturated carbocycles. The fourth-order valence-electron chi connectivity index (χ4n) is 1.58. The van der Waals surface area contributed by atoms with Crippen molar-refractivity contribution >= 4 is 17.3 Å². The van der Waals surface area contributed by atoms with Crippen LogP contribution in [0.3, 0.4) is 0 Å². The Hall–Kier alpha value is -1.69. The van der Waals surface area contributed by atoms with E-state index in [0.29, 0.717) is 12.2 Å². The molecule has 6 heteroatoms. The van der Waals surface area contributed by atoms with Crippen molar-refractivity contribution < 1.29 is 0 Å². The van der Waals surface area contributed by atoms with E-state index in [1.807, 2.05) is 13.8 Å². The first-order valence-corrected chi connectivity index (χ1v) is 5.74. The maximum absolute atomic E-state index is 11.7. The monoisotopic (exact) mass is 236 g/mol. The largest absolute Gasteiger partial charge is 0.368 e. The first kappa shape index (κ1) is 10.8. The number of anilines is 1. The van der Waals surface area contributed by atoms with Crippen molar-refractivity contribution in [2.24, 2.45) is 0 Å². The average molecular weight is 236 g/mol. The van der Waals surface area contributed by atoms with Gasteiger partial charge in [0.05, 0.1) is 10.6 Å². The van der Waals surface area contributed by atoms with Crippen molar-refractivity contribution in [2.75, 3.05) is 5.73 Å². The summed E-state index contributed by atoms with van der Waals surface area (Å²) in [5, 5.41) is 0. The minimum Gasteiger partial charge on any atom is -0.368 e. The Morgan fingerprint density at radius 1 is 1.56 bits per heavy atom. The fraction of sp³-hybridized carbons (Fsp3) is 0.300. The van der Waals surface area contributed by atoms with E-state index in [4.69, 9.17) is 5.73 Å². The maximum atomic E-state index is 11.7. The van der Waals surface area contributed by atoms with E-state index in [2.05, 4.69) is 9.97 Å². The Morgan fingerprint density at radius 3 is 2.88 bits per heavy atom. The zero-order valence-electron chi connectivity index (χ0n) is 9.10. The van der Waals surface area contributed by atoms with Gasteiger partial charge in [-0.05, 0) is 19.9 Å². The predicted molar refractivity (Wildman–Crippen MR) is 64.4 cm³/mol. The normalized spacial score (nSPS) is 10.6. The van der Waals surface area contributed by atoms with Gasteiger partial charge in [-0.2, -0.15) is 0 Å². The van der Waals surface area contributed by atoms with E-state index in [-0.39, 0.29) is 10.8 Å². The van der Waals surface area contributed by atoms with Crippen molar-refractivity contribution in [2.45, 2.75) is 20.4 Å². The second-order valence-corrected chi connectivity index (χ2v) is 4.29. The van der Waals surface area contributed by atoms with Crippen molar-refractivity contribution in [3.63, 3.8) is 0 Å². The fourth-order valence-corrected chi connectivity index (χ4v) is 2.61. The van der Waals surface area contributed by atoms with Crippen LogP contribution in [0.5, 0.6) is 0 Å². The van der Waals surface area contributed by atoms with E-state index in [1.54, 1.807) is 16.8 Å². The molecule has 0 aliphatic heterocycles. The molecule has 16 heavy (non-hydrogen) atoms. The van der Waals surface area contributed by atoms with Crippen molar-refractivity contribution in [1.82, 2.24) is 14.5 Å². The Kier molecular flexibility index (Phi) is 2.74. The molecule has 0 fully saturated rings. The summed E-state index contributed by atoms with van der Waals surface area (Å²) in [5.41, 5.74) is 7.16. The molecule has 2 aromatic heterocycles. The molecular weight excluding hydrogens is 224 g/mol. The molecule has 0 aliphatic rings. The van der Waals surface area contributed by atoms with Crippen LogP contribution in [0.1, 0.15) is 12.6 Å². The minimum atomic E-state index is 0.0344. The molecule has 0 aliphatic carbocycles. The van der Waals surface area contributed by atoms with Gasteiger partial charge in [0, 0.05) is 18.4 Å². The van der Waals surface area contributed by atoms with Crippen molar-refractivity contribution in [1.29, 1.82) is 0 Å². The van der Waals surface area contributed by atoms with Gasteiger partial charge in [-0.1, -0.05) is 11.3 Å². The van der Waals surface area contributed by atoms with E-state index in [0.717, 1.165) is 10.6 Å². The zero-order chi connectivity index (χ0) is 11.7. The molecule has 84 valence electrons. The summed E-state index contributed by atoms with van der Waals surface area (Å²) < 4.78 is 1.72. The predicted octanol–water partition coefficient (Wildman–Crippen LogP) is 1.28. The van der Waals surface area contributed by atoms with E-state index in [9.17, 15) is 4.79 Å². The molecular formula is C10H12N4OS. The van der Waals surface area contributed by atoms with E-state index >= 15 is 0 Å². The zero-order valence-corrected chi connectivity index (χ0v) is 9.91. The summed E-state index contributed by atoms with van der Waals surface area (Å²) in [6.07, 6.45) is 1.59. The second kappa shape index (κ2) is 4.05. The third kappa shape index (κ3) is 1.71. The molecule has 0 radical (unpaired) electrons. The van der Waals surface area contributed by atoms with Crippen LogP contribution in [-0.2, 0) is 6.54 Å². The van der Waals surface area contributed by atoms with Crippen molar-refractivity contribution in [3.05, 3.63) is 27.6 Å². The van der Waals surface area contributed by atoms with E-state index in [1.165, 1.54) is 11.3 Å². The number of hydrogen-bond acceptors (Lipinski definition) is 5. The molecule has 0 saturated heterocycles. The van der Waals surface area contributed by atoms with Gasteiger partial charge in [-0.15, -0.1) is 0 Å². The van der Waals surface area contributed by atoms with Gasteiger partial charge < -0.3 is 10.3 Å². The number of nitrogens with two attached hydrogens (primary N) is 1. The minimum absolute atomic E-state index is 0.0344. The number of nitrogens with zero attached hydrogens (tertiary/aromatic N) is 3. The summed E-state index contributed by atoms with van der Waals surface area (Å²) in [5.74, 6) is 0.223. The number of hydrogen-bond donors (Lipinski definition) is 1. The number of thiazole rings is 1. The lowest BCUT2D eigenvalue weighted by atomic mass is 10.3. The van der Waals surface area contributed by atoms with Crippen LogP contribution >= 0.6 is 11.3 Å². The Balaban J connectivity index is 2.61. The molecule has 0 aromatic carbocycles. The number of aromatic nitrogens is 3. The highest BCUT2D eigenvalue weighted by Crippen LogP contribution is 2.24. The highest BCUT2D eigenvalue weighted by molar-refractivity contribution is 7.13. The molecule has 0 amide bonds. The third-order valence-corrected chi connectivity index (χ3v) is 3.47. The molecule has 0 unspecified atom stereocenters.